The van der Waals surface area contributed by atoms with Crippen molar-refractivity contribution in [1.82, 2.24) is 4.90 Å². The molecule has 0 heterocycles. The van der Waals surface area contributed by atoms with E-state index in [0.29, 0.717) is 6.04 Å². The molecule has 0 fully saturated rings. The number of nitrogens with zero attached hydrogens (tertiary/aromatic N) is 1. The standard InChI is InChI=1S/C9H19NO/c1-6-7-9(10(3)4)8(2)11-5/h6-9H,1-5H3/b7-6-/t8-,9-/m0/s1. The zero-order chi connectivity index (χ0) is 8.85. The summed E-state index contributed by atoms with van der Waals surface area (Å²) in [5.41, 5.74) is 0. The van der Waals surface area contributed by atoms with Gasteiger partial charge in [0.15, 0.2) is 0 Å². The molecule has 0 aliphatic carbocycles. The van der Waals surface area contributed by atoms with Crippen LogP contribution < -0.4 is 0 Å². The van der Waals surface area contributed by atoms with E-state index in [9.17, 15) is 0 Å². The number of hydrogen-bond acceptors (Lipinski definition) is 2. The molecule has 0 unspecified atom stereocenters. The van der Waals surface area contributed by atoms with Crippen molar-refractivity contribution < 1.29 is 4.74 Å². The summed E-state index contributed by atoms with van der Waals surface area (Å²) in [4.78, 5) is 2.15. The normalized spacial score (nSPS) is 17.6. The zero-order valence-corrected chi connectivity index (χ0v) is 8.16. The van der Waals surface area contributed by atoms with Gasteiger partial charge in [0.2, 0.25) is 0 Å². The molecule has 0 bridgehead atoms. The van der Waals surface area contributed by atoms with E-state index < -0.39 is 0 Å². The van der Waals surface area contributed by atoms with Crippen molar-refractivity contribution in [2.75, 3.05) is 21.2 Å². The Labute approximate surface area is 69.8 Å². The Morgan fingerprint density at radius 2 is 1.91 bits per heavy atom. The minimum Gasteiger partial charge on any atom is -0.380 e. The molecule has 0 aromatic rings. The summed E-state index contributed by atoms with van der Waals surface area (Å²) in [5, 5.41) is 0. The van der Waals surface area contributed by atoms with E-state index in [4.69, 9.17) is 4.74 Å². The Morgan fingerprint density at radius 3 is 2.18 bits per heavy atom. The van der Waals surface area contributed by atoms with Gasteiger partial charge in [0.1, 0.15) is 0 Å². The lowest BCUT2D eigenvalue weighted by atomic mass is 10.1. The molecule has 11 heavy (non-hydrogen) atoms. The maximum Gasteiger partial charge on any atom is 0.0733 e. The van der Waals surface area contributed by atoms with Crippen LogP contribution in [0.5, 0.6) is 0 Å². The van der Waals surface area contributed by atoms with Crippen LogP contribution in [0.15, 0.2) is 12.2 Å². The lowest BCUT2D eigenvalue weighted by Crippen LogP contribution is -2.36. The maximum absolute atomic E-state index is 5.23. The number of likely N-dealkylation sites (N-methyl/N-ethyl adjacent to an activating group) is 1. The van der Waals surface area contributed by atoms with E-state index in [1.165, 1.54) is 0 Å². The highest BCUT2D eigenvalue weighted by Crippen LogP contribution is 2.04. The number of allylic oxidation sites excluding steroid dienone is 1. The second kappa shape index (κ2) is 5.33. The second-order valence-electron chi connectivity index (χ2n) is 2.92. The summed E-state index contributed by atoms with van der Waals surface area (Å²) >= 11 is 0. The van der Waals surface area contributed by atoms with Gasteiger partial charge in [0.25, 0.3) is 0 Å². The second-order valence-corrected chi connectivity index (χ2v) is 2.92. The summed E-state index contributed by atoms with van der Waals surface area (Å²) in [6.07, 6.45) is 4.45. The molecule has 0 spiro atoms. The summed E-state index contributed by atoms with van der Waals surface area (Å²) in [5.74, 6) is 0. The molecule has 2 heteroatoms. The minimum absolute atomic E-state index is 0.251. The van der Waals surface area contributed by atoms with Crippen LogP contribution in [-0.2, 0) is 4.74 Å². The highest BCUT2D eigenvalue weighted by Gasteiger charge is 2.14. The van der Waals surface area contributed by atoms with Crippen LogP contribution in [0.1, 0.15) is 13.8 Å². The fraction of sp³-hybridized carbons (Fsp3) is 0.778. The first-order valence-corrected chi connectivity index (χ1v) is 3.95. The molecule has 0 amide bonds. The van der Waals surface area contributed by atoms with Crippen molar-refractivity contribution in [3.63, 3.8) is 0 Å². The van der Waals surface area contributed by atoms with E-state index >= 15 is 0 Å². The fourth-order valence-electron chi connectivity index (χ4n) is 1.09. The van der Waals surface area contributed by atoms with Crippen molar-refractivity contribution in [1.29, 1.82) is 0 Å². The van der Waals surface area contributed by atoms with Gasteiger partial charge in [-0.2, -0.15) is 0 Å². The number of methoxy groups -OCH3 is 1. The summed E-state index contributed by atoms with van der Waals surface area (Å²) in [7, 11) is 5.85. The van der Waals surface area contributed by atoms with Crippen molar-refractivity contribution in [2.45, 2.75) is 26.0 Å². The highest BCUT2D eigenvalue weighted by atomic mass is 16.5. The maximum atomic E-state index is 5.23. The number of ether oxygens (including phenoxy) is 1. The molecule has 0 saturated carbocycles. The van der Waals surface area contributed by atoms with E-state index in [0.717, 1.165) is 0 Å². The molecule has 0 aliphatic rings. The monoisotopic (exact) mass is 157 g/mol. The highest BCUT2D eigenvalue weighted by molar-refractivity contribution is 4.94. The molecule has 0 radical (unpaired) electrons. The molecule has 0 aromatic heterocycles. The van der Waals surface area contributed by atoms with Crippen LogP contribution in [0.25, 0.3) is 0 Å². The minimum atomic E-state index is 0.251. The number of hydrogen-bond donors (Lipinski definition) is 0. The average Bonchev–Trinajstić information content (AvgIpc) is 1.98. The summed E-state index contributed by atoms with van der Waals surface area (Å²) in [6.45, 7) is 4.10. The average molecular weight is 157 g/mol. The van der Waals surface area contributed by atoms with Gasteiger partial charge >= 0.3 is 0 Å². The summed E-state index contributed by atoms with van der Waals surface area (Å²) < 4.78 is 5.23. The van der Waals surface area contributed by atoms with Crippen molar-refractivity contribution in [2.24, 2.45) is 0 Å². The fourth-order valence-corrected chi connectivity index (χ4v) is 1.09. The van der Waals surface area contributed by atoms with Gasteiger partial charge in [-0.15, -0.1) is 0 Å². The van der Waals surface area contributed by atoms with Gasteiger partial charge < -0.3 is 9.64 Å². The van der Waals surface area contributed by atoms with Crippen LogP contribution >= 0.6 is 0 Å². The molecule has 2 atom stereocenters. The smallest absolute Gasteiger partial charge is 0.0733 e. The van der Waals surface area contributed by atoms with Crippen LogP contribution in [0, 0.1) is 0 Å². The van der Waals surface area contributed by atoms with Crippen molar-refractivity contribution >= 4 is 0 Å². The zero-order valence-electron chi connectivity index (χ0n) is 8.16. The van der Waals surface area contributed by atoms with Gasteiger partial charge in [-0.1, -0.05) is 12.2 Å². The van der Waals surface area contributed by atoms with Gasteiger partial charge in [-0.3, -0.25) is 0 Å². The van der Waals surface area contributed by atoms with Gasteiger partial charge in [0.05, 0.1) is 12.1 Å². The van der Waals surface area contributed by atoms with Crippen molar-refractivity contribution in [3.8, 4) is 0 Å². The Bertz CT molecular complexity index is 121. The van der Waals surface area contributed by atoms with E-state index in [1.807, 2.05) is 6.92 Å². The predicted octanol–water partition coefficient (Wildman–Crippen LogP) is 1.53. The topological polar surface area (TPSA) is 12.5 Å². The van der Waals surface area contributed by atoms with E-state index in [2.05, 4.69) is 38.1 Å². The third-order valence-corrected chi connectivity index (χ3v) is 1.84. The summed E-state index contributed by atoms with van der Waals surface area (Å²) in [6, 6.07) is 0.380. The lowest BCUT2D eigenvalue weighted by molar-refractivity contribution is 0.0646. The molecule has 0 N–H and O–H groups in total. The first-order valence-electron chi connectivity index (χ1n) is 3.95. The SMILES string of the molecule is C/C=C\[C@@H]([C@H](C)OC)N(C)C. The van der Waals surface area contributed by atoms with E-state index in [-0.39, 0.29) is 6.10 Å². The van der Waals surface area contributed by atoms with Crippen molar-refractivity contribution in [3.05, 3.63) is 12.2 Å². The Kier molecular flexibility index (Phi) is 5.16. The molecule has 2 nitrogen and oxygen atoms in total. The Balaban J connectivity index is 4.09. The molecule has 0 aromatic carbocycles. The van der Waals surface area contributed by atoms with Gasteiger partial charge in [-0.05, 0) is 27.9 Å². The number of rotatable bonds is 4. The van der Waals surface area contributed by atoms with Gasteiger partial charge in [0, 0.05) is 7.11 Å². The molecule has 66 valence electrons. The lowest BCUT2D eigenvalue weighted by Gasteiger charge is -2.26. The van der Waals surface area contributed by atoms with Crippen LogP contribution in [0.2, 0.25) is 0 Å². The Hall–Kier alpha value is -0.340. The van der Waals surface area contributed by atoms with Crippen LogP contribution in [0.4, 0.5) is 0 Å². The molecule has 0 rings (SSSR count). The van der Waals surface area contributed by atoms with Gasteiger partial charge in [-0.25, -0.2) is 0 Å². The van der Waals surface area contributed by atoms with E-state index in [1.54, 1.807) is 7.11 Å². The third-order valence-electron chi connectivity index (χ3n) is 1.84. The third kappa shape index (κ3) is 3.54. The largest absolute Gasteiger partial charge is 0.380 e. The first kappa shape index (κ1) is 10.7. The van der Waals surface area contributed by atoms with Crippen LogP contribution in [0.3, 0.4) is 0 Å². The molecular formula is C9H19NO. The first-order chi connectivity index (χ1) is 5.13. The molecule has 0 aliphatic heterocycles. The van der Waals surface area contributed by atoms with Crippen LogP contribution in [-0.4, -0.2) is 38.3 Å². The Morgan fingerprint density at radius 1 is 1.36 bits per heavy atom. The molecule has 0 saturated heterocycles. The quantitative estimate of drug-likeness (QED) is 0.574. The predicted molar refractivity (Wildman–Crippen MR) is 48.8 cm³/mol. The molecular weight excluding hydrogens is 138 g/mol.